The molecule has 0 fully saturated rings. The molecule has 0 radical (unpaired) electrons. The van der Waals surface area contributed by atoms with Gasteiger partial charge in [0.2, 0.25) is 11.7 Å². The average molecular weight is 554 g/mol. The van der Waals surface area contributed by atoms with Crippen molar-refractivity contribution in [1.29, 1.82) is 5.26 Å². The first-order valence-corrected chi connectivity index (χ1v) is 12.5. The van der Waals surface area contributed by atoms with E-state index in [-0.39, 0.29) is 33.8 Å². The predicted molar refractivity (Wildman–Crippen MR) is 153 cm³/mol. The van der Waals surface area contributed by atoms with Crippen LogP contribution < -0.4 is 27.2 Å². The molecule has 0 spiro atoms. The third-order valence-corrected chi connectivity index (χ3v) is 6.30. The van der Waals surface area contributed by atoms with E-state index in [0.29, 0.717) is 34.7 Å². The summed E-state index contributed by atoms with van der Waals surface area (Å²) >= 11 is 0. The van der Waals surface area contributed by atoms with E-state index in [1.165, 1.54) is 7.05 Å². The molecule has 0 saturated heterocycles. The molecule has 0 aliphatic heterocycles. The topological polar surface area (TPSA) is 185 Å². The Morgan fingerprint density at radius 3 is 2.39 bits per heavy atom. The normalized spacial score (nSPS) is 10.5. The fourth-order valence-electron chi connectivity index (χ4n) is 4.32. The number of carbonyl (C=O) groups excluding carboxylic acids is 3. The quantitative estimate of drug-likeness (QED) is 0.255. The fraction of sp³-hybridized carbons (Fsp3) is 0.172. The van der Waals surface area contributed by atoms with Crippen LogP contribution in [-0.4, -0.2) is 34.0 Å². The van der Waals surface area contributed by atoms with E-state index in [1.54, 1.807) is 62.4 Å². The van der Waals surface area contributed by atoms with Gasteiger partial charge >= 0.3 is 0 Å². The van der Waals surface area contributed by atoms with Crippen molar-refractivity contribution in [2.24, 2.45) is 12.8 Å². The number of hydrogen-bond acceptors (Lipinski definition) is 8. The van der Waals surface area contributed by atoms with E-state index in [4.69, 9.17) is 10.3 Å². The lowest BCUT2D eigenvalue weighted by atomic mass is 10.1. The molecule has 0 aliphatic rings. The molecule has 3 amide bonds. The molecule has 0 aliphatic carbocycles. The molecule has 2 heterocycles. The smallest absolute Gasteiger partial charge is 0.291 e. The standard InChI is InChI=1S/C29H27N7O5/c1-5-32-24-20(13-15(2)33-25(24)28(39)35-21-8-6-7-19(16(21)3)26(31)37)27(38)34-18-11-9-17(10-12-18)23-22(14-30)41-36(4)29(23)40/h6-13,32H,5H2,1-4H3,(H2,31,37)(H,34,38)(H,35,39). The third-order valence-electron chi connectivity index (χ3n) is 6.30. The number of nitrogens with one attached hydrogen (secondary N) is 3. The Kier molecular flexibility index (Phi) is 8.00. The zero-order valence-electron chi connectivity index (χ0n) is 22.8. The number of anilines is 3. The summed E-state index contributed by atoms with van der Waals surface area (Å²) in [7, 11) is 1.41. The summed E-state index contributed by atoms with van der Waals surface area (Å²) in [6, 6.07) is 14.6. The van der Waals surface area contributed by atoms with E-state index in [9.17, 15) is 24.4 Å². The maximum absolute atomic E-state index is 13.4. The molecule has 0 saturated carbocycles. The Morgan fingerprint density at radius 2 is 1.76 bits per heavy atom. The van der Waals surface area contributed by atoms with Crippen LogP contribution in [0.2, 0.25) is 0 Å². The lowest BCUT2D eigenvalue weighted by Crippen LogP contribution is -2.23. The van der Waals surface area contributed by atoms with Gasteiger partial charge in [0.25, 0.3) is 17.4 Å². The summed E-state index contributed by atoms with van der Waals surface area (Å²) in [5.41, 5.74) is 7.98. The van der Waals surface area contributed by atoms with Gasteiger partial charge in [-0.2, -0.15) is 10.0 Å². The SMILES string of the molecule is CCNc1c(C(=O)Nc2ccc(-c3c(C#N)on(C)c3=O)cc2)cc(C)nc1C(=O)Nc1cccc(C(N)=O)c1C. The summed E-state index contributed by atoms with van der Waals surface area (Å²) in [5.74, 6) is -1.82. The second kappa shape index (κ2) is 11.6. The summed E-state index contributed by atoms with van der Waals surface area (Å²) in [4.78, 5) is 55.3. The number of hydrogen-bond donors (Lipinski definition) is 4. The number of primary amides is 1. The van der Waals surface area contributed by atoms with E-state index in [0.717, 1.165) is 4.74 Å². The van der Waals surface area contributed by atoms with Gasteiger partial charge < -0.3 is 26.2 Å². The highest BCUT2D eigenvalue weighted by Crippen LogP contribution is 2.27. The number of nitrogens with two attached hydrogens (primary N) is 1. The Hall–Kier alpha value is -5.70. The second-order valence-corrected chi connectivity index (χ2v) is 9.10. The molecule has 2 aromatic heterocycles. The van der Waals surface area contributed by atoms with Crippen molar-refractivity contribution in [1.82, 2.24) is 9.72 Å². The number of nitrogens with zero attached hydrogens (tertiary/aromatic N) is 3. The number of rotatable bonds is 8. The van der Waals surface area contributed by atoms with Crippen molar-refractivity contribution in [3.8, 4) is 17.2 Å². The number of aromatic nitrogens is 2. The van der Waals surface area contributed by atoms with Crippen LogP contribution in [-0.2, 0) is 7.05 Å². The first-order valence-electron chi connectivity index (χ1n) is 12.5. The lowest BCUT2D eigenvalue weighted by Gasteiger charge is -2.17. The molecule has 4 rings (SSSR count). The van der Waals surface area contributed by atoms with Crippen LogP contribution in [0.1, 0.15) is 55.1 Å². The molecular weight excluding hydrogens is 526 g/mol. The van der Waals surface area contributed by atoms with Crippen molar-refractivity contribution in [3.63, 3.8) is 0 Å². The molecule has 12 heteroatoms. The van der Waals surface area contributed by atoms with E-state index >= 15 is 0 Å². The van der Waals surface area contributed by atoms with Crippen molar-refractivity contribution < 1.29 is 18.9 Å². The maximum Gasteiger partial charge on any atom is 0.291 e. The van der Waals surface area contributed by atoms with Crippen LogP contribution in [0.3, 0.4) is 0 Å². The number of carbonyl (C=O) groups is 3. The van der Waals surface area contributed by atoms with Gasteiger partial charge in [-0.25, -0.2) is 4.98 Å². The van der Waals surface area contributed by atoms with Gasteiger partial charge in [-0.05, 0) is 62.2 Å². The molecule has 208 valence electrons. The number of pyridine rings is 1. The van der Waals surface area contributed by atoms with Gasteiger partial charge in [-0.1, -0.05) is 18.2 Å². The highest BCUT2D eigenvalue weighted by atomic mass is 16.5. The van der Waals surface area contributed by atoms with Gasteiger partial charge in [-0.15, -0.1) is 0 Å². The predicted octanol–water partition coefficient (Wildman–Crippen LogP) is 3.56. The zero-order valence-corrected chi connectivity index (χ0v) is 22.8. The van der Waals surface area contributed by atoms with Crippen LogP contribution in [0.25, 0.3) is 11.1 Å². The second-order valence-electron chi connectivity index (χ2n) is 9.10. The van der Waals surface area contributed by atoms with Crippen LogP contribution in [0.5, 0.6) is 0 Å². The van der Waals surface area contributed by atoms with Gasteiger partial charge in [0.1, 0.15) is 11.6 Å². The molecule has 0 atom stereocenters. The fourth-order valence-corrected chi connectivity index (χ4v) is 4.32. The highest BCUT2D eigenvalue weighted by molar-refractivity contribution is 6.14. The first-order chi connectivity index (χ1) is 19.5. The molecule has 0 bridgehead atoms. The van der Waals surface area contributed by atoms with E-state index in [1.807, 2.05) is 13.0 Å². The van der Waals surface area contributed by atoms with Gasteiger partial charge in [0.05, 0.1) is 11.3 Å². The van der Waals surface area contributed by atoms with Gasteiger partial charge in [0.15, 0.2) is 5.69 Å². The number of amides is 3. The molecule has 0 unspecified atom stereocenters. The first kappa shape index (κ1) is 28.3. The van der Waals surface area contributed by atoms with Crippen LogP contribution >= 0.6 is 0 Å². The van der Waals surface area contributed by atoms with Crippen LogP contribution in [0.4, 0.5) is 17.1 Å². The third kappa shape index (κ3) is 5.69. The zero-order chi connectivity index (χ0) is 29.8. The van der Waals surface area contributed by atoms with Crippen molar-refractivity contribution in [2.45, 2.75) is 20.8 Å². The van der Waals surface area contributed by atoms with Crippen LogP contribution in [0.15, 0.2) is 57.8 Å². The molecule has 12 nitrogen and oxygen atoms in total. The summed E-state index contributed by atoms with van der Waals surface area (Å²) < 4.78 is 6.12. The van der Waals surface area contributed by atoms with Crippen molar-refractivity contribution in [3.05, 3.63) is 92.7 Å². The molecule has 41 heavy (non-hydrogen) atoms. The van der Waals surface area contributed by atoms with Crippen molar-refractivity contribution >= 4 is 34.8 Å². The minimum absolute atomic E-state index is 0.00365. The minimum atomic E-state index is -0.620. The number of benzene rings is 2. The summed E-state index contributed by atoms with van der Waals surface area (Å²) in [5, 5.41) is 17.9. The Bertz CT molecular complexity index is 1780. The molecule has 5 N–H and O–H groups in total. The van der Waals surface area contributed by atoms with Crippen LogP contribution in [0, 0.1) is 25.2 Å². The molecular formula is C29H27N7O5. The summed E-state index contributed by atoms with van der Waals surface area (Å²) in [6.07, 6.45) is 0. The Balaban J connectivity index is 1.64. The molecule has 2 aromatic carbocycles. The van der Waals surface area contributed by atoms with Crippen molar-refractivity contribution in [2.75, 3.05) is 22.5 Å². The average Bonchev–Trinajstić information content (AvgIpc) is 3.23. The largest absolute Gasteiger partial charge is 0.383 e. The Morgan fingerprint density at radius 1 is 1.05 bits per heavy atom. The van der Waals surface area contributed by atoms with Gasteiger partial charge in [0, 0.05) is 36.2 Å². The minimum Gasteiger partial charge on any atom is -0.383 e. The van der Waals surface area contributed by atoms with Gasteiger partial charge in [-0.3, -0.25) is 19.2 Å². The highest BCUT2D eigenvalue weighted by Gasteiger charge is 2.23. The summed E-state index contributed by atoms with van der Waals surface area (Å²) in [6.45, 7) is 5.55. The van der Waals surface area contributed by atoms with E-state index < -0.39 is 23.3 Å². The monoisotopic (exact) mass is 553 g/mol. The maximum atomic E-state index is 13.4. The Labute approximate surface area is 234 Å². The number of nitriles is 1. The molecule has 4 aromatic rings. The van der Waals surface area contributed by atoms with E-state index in [2.05, 4.69) is 20.9 Å². The lowest BCUT2D eigenvalue weighted by molar-refractivity contribution is 0.0993. The number of aryl methyl sites for hydroxylation is 2.